The molecular formula is C25H24N2O4S. The van der Waals surface area contributed by atoms with Crippen LogP contribution in [0.15, 0.2) is 83.5 Å². The molecule has 1 unspecified atom stereocenters. The minimum absolute atomic E-state index is 0.0319. The Labute approximate surface area is 192 Å². The zero-order chi connectivity index (χ0) is 23.9. The van der Waals surface area contributed by atoms with Crippen LogP contribution in [0.25, 0.3) is 0 Å². The predicted octanol–water partition coefficient (Wildman–Crippen LogP) is 4.89. The molecule has 0 fully saturated rings. The molecule has 1 aliphatic heterocycles. The third-order valence-corrected chi connectivity index (χ3v) is 5.04. The van der Waals surface area contributed by atoms with Gasteiger partial charge in [-0.05, 0) is 60.8 Å². The lowest BCUT2D eigenvalue weighted by Gasteiger charge is -2.18. The summed E-state index contributed by atoms with van der Waals surface area (Å²) in [7, 11) is 3.21. The van der Waals surface area contributed by atoms with Crippen LogP contribution in [-0.4, -0.2) is 36.8 Å². The second-order valence-corrected chi connectivity index (χ2v) is 6.95. The lowest BCUT2D eigenvalue weighted by atomic mass is 10.0. The number of ether oxygens (including phenoxy) is 2. The van der Waals surface area contributed by atoms with Crippen molar-refractivity contribution in [3.8, 4) is 11.5 Å². The van der Waals surface area contributed by atoms with Gasteiger partial charge in [-0.2, -0.15) is 5.10 Å². The van der Waals surface area contributed by atoms with Gasteiger partial charge in [0.25, 0.3) is 0 Å². The summed E-state index contributed by atoms with van der Waals surface area (Å²) in [5, 5.41) is 8.12. The van der Waals surface area contributed by atoms with Crippen LogP contribution in [0.3, 0.4) is 0 Å². The van der Waals surface area contributed by atoms with Gasteiger partial charge < -0.3 is 9.47 Å². The summed E-state index contributed by atoms with van der Waals surface area (Å²) in [5.74, 6) is 2.59. The standard InChI is InChI=1S/C17H18N2O3S.C5H4.C3H2O/c1-11(20)19-14(17-5-4-8-23-17)10-13(18-19)12-6-7-15(21-2)16(9-12)22-3;1-3-5-4-2;1-2-3-4/h4-9,14H,10H2,1-3H3;1-2H2;1H2. The first-order valence-corrected chi connectivity index (χ1v) is 10.2. The Morgan fingerprint density at radius 3 is 2.22 bits per heavy atom. The molecule has 1 atom stereocenters. The normalized spacial score (nSPS) is 13.2. The summed E-state index contributed by atoms with van der Waals surface area (Å²) in [6.07, 6.45) is 0.690. The van der Waals surface area contributed by atoms with Crippen molar-refractivity contribution < 1.29 is 19.1 Å². The number of carbonyl (C=O) groups is 1. The fourth-order valence-corrected chi connectivity index (χ4v) is 3.57. The van der Waals surface area contributed by atoms with E-state index in [2.05, 4.69) is 42.0 Å². The number of methoxy groups -OCH3 is 2. The van der Waals surface area contributed by atoms with Gasteiger partial charge in [0.05, 0.1) is 26.0 Å². The Bertz CT molecular complexity index is 1100. The molecule has 7 heteroatoms. The molecule has 32 heavy (non-hydrogen) atoms. The molecule has 6 nitrogen and oxygen atoms in total. The van der Waals surface area contributed by atoms with Crippen LogP contribution in [0.1, 0.15) is 29.8 Å². The highest BCUT2D eigenvalue weighted by molar-refractivity contribution is 7.10. The topological polar surface area (TPSA) is 68.2 Å². The molecule has 1 aromatic carbocycles. The fraction of sp³-hybridized carbons (Fsp3) is 0.200. The first-order valence-electron chi connectivity index (χ1n) is 9.28. The van der Waals surface area contributed by atoms with Crippen LogP contribution in [0.5, 0.6) is 11.5 Å². The quantitative estimate of drug-likeness (QED) is 0.493. The molecule has 1 aliphatic rings. The number of carbonyl (C=O) groups excluding carboxylic acids is 2. The number of rotatable bonds is 4. The van der Waals surface area contributed by atoms with E-state index in [-0.39, 0.29) is 11.9 Å². The van der Waals surface area contributed by atoms with Crippen LogP contribution < -0.4 is 9.47 Å². The summed E-state index contributed by atoms with van der Waals surface area (Å²) >= 11 is 1.64. The molecule has 0 N–H and O–H groups in total. The number of hydrazone groups is 1. The third kappa shape index (κ3) is 7.34. The van der Waals surface area contributed by atoms with Gasteiger partial charge in [-0.15, -0.1) is 11.3 Å². The number of benzene rings is 1. The highest BCUT2D eigenvalue weighted by atomic mass is 32.1. The van der Waals surface area contributed by atoms with Gasteiger partial charge in [0.15, 0.2) is 17.4 Å². The number of hydrogen-bond donors (Lipinski definition) is 0. The van der Waals surface area contributed by atoms with Crippen molar-refractivity contribution in [2.75, 3.05) is 14.2 Å². The molecule has 2 heterocycles. The van der Waals surface area contributed by atoms with Gasteiger partial charge in [-0.1, -0.05) is 17.5 Å². The molecule has 1 amide bonds. The highest BCUT2D eigenvalue weighted by Gasteiger charge is 2.32. The van der Waals surface area contributed by atoms with E-state index >= 15 is 0 Å². The largest absolute Gasteiger partial charge is 0.493 e. The van der Waals surface area contributed by atoms with Crippen molar-refractivity contribution in [3.05, 3.63) is 88.8 Å². The van der Waals surface area contributed by atoms with Crippen molar-refractivity contribution in [3.63, 3.8) is 0 Å². The van der Waals surface area contributed by atoms with E-state index in [0.29, 0.717) is 17.9 Å². The maximum absolute atomic E-state index is 11.9. The highest BCUT2D eigenvalue weighted by Crippen LogP contribution is 2.36. The first kappa shape index (κ1) is 26.0. The maximum Gasteiger partial charge on any atom is 0.240 e. The minimum Gasteiger partial charge on any atom is -0.493 e. The maximum atomic E-state index is 11.9. The predicted molar refractivity (Wildman–Crippen MR) is 127 cm³/mol. The van der Waals surface area contributed by atoms with Crippen molar-refractivity contribution in [1.82, 2.24) is 5.01 Å². The van der Waals surface area contributed by atoms with E-state index in [1.807, 2.05) is 41.4 Å². The van der Waals surface area contributed by atoms with E-state index in [0.717, 1.165) is 16.2 Å². The zero-order valence-corrected chi connectivity index (χ0v) is 19.1. The minimum atomic E-state index is -0.0566. The van der Waals surface area contributed by atoms with Crippen LogP contribution >= 0.6 is 11.3 Å². The molecule has 164 valence electrons. The van der Waals surface area contributed by atoms with Crippen molar-refractivity contribution in [2.45, 2.75) is 19.4 Å². The number of thiophene rings is 1. The van der Waals surface area contributed by atoms with E-state index in [4.69, 9.17) is 14.3 Å². The molecule has 3 rings (SSSR count). The molecule has 0 spiro atoms. The molecule has 2 aromatic rings. The summed E-state index contributed by atoms with van der Waals surface area (Å²) < 4.78 is 10.6. The van der Waals surface area contributed by atoms with Crippen LogP contribution in [-0.2, 0) is 9.59 Å². The molecule has 0 radical (unpaired) electrons. The van der Waals surface area contributed by atoms with E-state index < -0.39 is 0 Å². The van der Waals surface area contributed by atoms with Gasteiger partial charge in [-0.25, -0.2) is 9.80 Å². The second-order valence-electron chi connectivity index (χ2n) is 5.97. The summed E-state index contributed by atoms with van der Waals surface area (Å²) in [4.78, 5) is 21.9. The van der Waals surface area contributed by atoms with Crippen molar-refractivity contribution in [2.24, 2.45) is 5.10 Å². The average Bonchev–Trinajstić information content (AvgIpc) is 3.50. The van der Waals surface area contributed by atoms with E-state index in [1.54, 1.807) is 37.5 Å². The van der Waals surface area contributed by atoms with Gasteiger partial charge in [0, 0.05) is 23.8 Å². The van der Waals surface area contributed by atoms with Gasteiger partial charge in [0.1, 0.15) is 0 Å². The molecule has 0 saturated carbocycles. The third-order valence-electron chi connectivity index (χ3n) is 4.07. The Hall–Kier alpha value is -4.03. The Balaban J connectivity index is 0.000000485. The Morgan fingerprint density at radius 1 is 1.12 bits per heavy atom. The van der Waals surface area contributed by atoms with Crippen molar-refractivity contribution in [1.29, 1.82) is 0 Å². The number of hydrogen-bond acceptors (Lipinski definition) is 6. The van der Waals surface area contributed by atoms with Crippen LogP contribution in [0, 0.1) is 0 Å². The first-order chi connectivity index (χ1) is 15.5. The molecule has 1 aromatic heterocycles. The van der Waals surface area contributed by atoms with Crippen LogP contribution in [0.4, 0.5) is 0 Å². The zero-order valence-electron chi connectivity index (χ0n) is 18.3. The van der Waals surface area contributed by atoms with E-state index in [9.17, 15) is 4.79 Å². The lowest BCUT2D eigenvalue weighted by molar-refractivity contribution is -0.130. The Kier molecular flexibility index (Phi) is 11.4. The number of amides is 1. The summed E-state index contributed by atoms with van der Waals surface area (Å²) in [6.45, 7) is 10.9. The average molecular weight is 449 g/mol. The lowest BCUT2D eigenvalue weighted by Crippen LogP contribution is -2.23. The fourth-order valence-electron chi connectivity index (χ4n) is 2.76. The summed E-state index contributed by atoms with van der Waals surface area (Å²) in [6, 6.07) is 9.69. The van der Waals surface area contributed by atoms with Crippen molar-refractivity contribution >= 4 is 28.9 Å². The molecule has 0 aliphatic carbocycles. The van der Waals surface area contributed by atoms with Gasteiger partial charge in [-0.3, -0.25) is 4.79 Å². The smallest absolute Gasteiger partial charge is 0.240 e. The Morgan fingerprint density at radius 2 is 1.78 bits per heavy atom. The van der Waals surface area contributed by atoms with Gasteiger partial charge in [0.2, 0.25) is 5.91 Å². The molecular weight excluding hydrogens is 424 g/mol. The number of nitrogens with zero attached hydrogens (tertiary/aromatic N) is 2. The van der Waals surface area contributed by atoms with E-state index in [1.165, 1.54) is 5.94 Å². The monoisotopic (exact) mass is 448 g/mol. The molecule has 0 bridgehead atoms. The molecule has 0 saturated heterocycles. The van der Waals surface area contributed by atoms with Gasteiger partial charge >= 0.3 is 0 Å². The van der Waals surface area contributed by atoms with Crippen LogP contribution in [0.2, 0.25) is 0 Å². The second kappa shape index (κ2) is 14.1. The SMILES string of the molecule is C=C=C=C=C.C=C=C=O.COc1ccc(C2=NN(C(C)=O)C(c3cccs3)C2)cc1OC. The summed E-state index contributed by atoms with van der Waals surface area (Å²) in [5.41, 5.74) is 10.8.